The average Bonchev–Trinajstić information content (AvgIpc) is 2.38. The lowest BCUT2D eigenvalue weighted by atomic mass is 10.3. The Labute approximate surface area is 111 Å². The molecule has 1 aliphatic heterocycles. The Kier molecular flexibility index (Phi) is 6.99. The maximum absolute atomic E-state index is 10.8. The minimum Gasteiger partial charge on any atom is -0.471 e. The Bertz CT molecular complexity index is 497. The van der Waals surface area contributed by atoms with E-state index < -0.39 is 5.91 Å². The van der Waals surface area contributed by atoms with E-state index in [2.05, 4.69) is 15.0 Å². The van der Waals surface area contributed by atoms with Crippen LogP contribution in [0, 0.1) is 0 Å². The fourth-order valence-corrected chi connectivity index (χ4v) is 1.01. The van der Waals surface area contributed by atoms with Crippen molar-refractivity contribution in [3.8, 4) is 0 Å². The van der Waals surface area contributed by atoms with E-state index >= 15 is 0 Å². The Hall–Kier alpha value is -2.76. The number of ether oxygens (including phenoxy) is 1. The van der Waals surface area contributed by atoms with Gasteiger partial charge in [-0.25, -0.2) is 0 Å². The summed E-state index contributed by atoms with van der Waals surface area (Å²) in [4.78, 5) is 22.8. The first kappa shape index (κ1) is 14.3. The quantitative estimate of drug-likeness (QED) is 0.813. The molecule has 0 fully saturated rings. The Morgan fingerprint density at radius 3 is 2.58 bits per heavy atom. The predicted molar refractivity (Wildman–Crippen MR) is 75.9 cm³/mol. The third kappa shape index (κ3) is 8.03. The summed E-state index contributed by atoms with van der Waals surface area (Å²) in [5.74, 6) is -0.489. The third-order valence-corrected chi connectivity index (χ3v) is 1.74. The molecule has 0 aromatic carbocycles. The second-order valence-electron chi connectivity index (χ2n) is 3.27. The lowest BCUT2D eigenvalue weighted by Gasteiger charge is -1.97. The van der Waals surface area contributed by atoms with Crippen molar-refractivity contribution >= 4 is 24.6 Å². The lowest BCUT2D eigenvalue weighted by molar-refractivity contribution is -0.117. The molecular formula is C13H14N4O2. The molecule has 0 atom stereocenters. The van der Waals surface area contributed by atoms with Crippen LogP contribution in [0.4, 0.5) is 0 Å². The highest BCUT2D eigenvalue weighted by atomic mass is 16.5. The number of carbonyl (C=O) groups is 1. The molecule has 1 aliphatic rings. The number of carbonyl (C=O) groups excluding carboxylic acids is 1. The molecule has 1 rings (SSSR count). The fraction of sp³-hybridized carbons (Fsp3) is 0.0769. The molecule has 0 spiro atoms. The van der Waals surface area contributed by atoms with Gasteiger partial charge in [0, 0.05) is 31.0 Å². The van der Waals surface area contributed by atoms with Gasteiger partial charge in [0.1, 0.15) is 6.26 Å². The number of aliphatic imine (C=N–C) groups is 3. The standard InChI is InChI=1S/C13H14N4O2/c14-13(18)10-12-11-19-9-3-6-15-4-1-2-5-16-7-8-17-12/h1-9,11H,10H2,(H2,14,18). The summed E-state index contributed by atoms with van der Waals surface area (Å²) >= 11 is 0. The van der Waals surface area contributed by atoms with Crippen LogP contribution in [0.2, 0.25) is 0 Å². The van der Waals surface area contributed by atoms with Gasteiger partial charge in [-0.05, 0) is 18.2 Å². The normalized spacial score (nSPS) is 15.5. The number of allylic oxidation sites excluding steroid dienone is 3. The maximum Gasteiger partial charge on any atom is 0.223 e. The zero-order valence-electron chi connectivity index (χ0n) is 10.2. The number of nitrogens with two attached hydrogens (primary N) is 1. The first-order chi connectivity index (χ1) is 9.29. The largest absolute Gasteiger partial charge is 0.471 e. The van der Waals surface area contributed by atoms with Crippen molar-refractivity contribution in [2.24, 2.45) is 20.7 Å². The second kappa shape index (κ2) is 9.29. The lowest BCUT2D eigenvalue weighted by Crippen LogP contribution is -2.10. The first-order valence-electron chi connectivity index (χ1n) is 5.47. The van der Waals surface area contributed by atoms with Gasteiger partial charge in [0.15, 0.2) is 0 Å². The van der Waals surface area contributed by atoms with Crippen LogP contribution in [0.1, 0.15) is 6.42 Å². The van der Waals surface area contributed by atoms with E-state index in [1.807, 2.05) is 0 Å². The summed E-state index contributed by atoms with van der Waals surface area (Å²) in [5, 5.41) is 0. The summed E-state index contributed by atoms with van der Waals surface area (Å²) in [6.45, 7) is 0. The molecule has 6 heteroatoms. The van der Waals surface area contributed by atoms with Crippen molar-refractivity contribution in [2.75, 3.05) is 0 Å². The van der Waals surface area contributed by atoms with E-state index in [1.54, 1.807) is 36.8 Å². The molecule has 19 heavy (non-hydrogen) atoms. The topological polar surface area (TPSA) is 89.4 Å². The van der Waals surface area contributed by atoms with Crippen molar-refractivity contribution in [1.29, 1.82) is 0 Å². The van der Waals surface area contributed by atoms with E-state index in [1.165, 1.54) is 25.0 Å². The second-order valence-corrected chi connectivity index (χ2v) is 3.27. The molecule has 0 aromatic heterocycles. The number of nitrogens with zero attached hydrogens (tertiary/aromatic N) is 3. The van der Waals surface area contributed by atoms with Crippen molar-refractivity contribution < 1.29 is 9.53 Å². The van der Waals surface area contributed by atoms with E-state index in [-0.39, 0.29) is 6.42 Å². The van der Waals surface area contributed by atoms with Gasteiger partial charge in [-0.3, -0.25) is 19.8 Å². The molecule has 0 aromatic rings. The Morgan fingerprint density at radius 2 is 1.84 bits per heavy atom. The van der Waals surface area contributed by atoms with Crippen molar-refractivity contribution in [3.63, 3.8) is 0 Å². The Morgan fingerprint density at radius 1 is 1.11 bits per heavy atom. The monoisotopic (exact) mass is 258 g/mol. The van der Waals surface area contributed by atoms with Crippen LogP contribution in [0.5, 0.6) is 0 Å². The molecule has 0 bridgehead atoms. The van der Waals surface area contributed by atoms with Gasteiger partial charge in [-0.1, -0.05) is 0 Å². The highest BCUT2D eigenvalue weighted by Crippen LogP contribution is 2.02. The molecule has 1 amide bonds. The van der Waals surface area contributed by atoms with Gasteiger partial charge < -0.3 is 10.5 Å². The molecule has 2 N–H and O–H groups in total. The van der Waals surface area contributed by atoms with Gasteiger partial charge in [0.25, 0.3) is 0 Å². The van der Waals surface area contributed by atoms with Crippen LogP contribution < -0.4 is 5.73 Å². The first-order valence-corrected chi connectivity index (χ1v) is 5.47. The van der Waals surface area contributed by atoms with E-state index in [4.69, 9.17) is 10.5 Å². The van der Waals surface area contributed by atoms with Crippen LogP contribution >= 0.6 is 0 Å². The van der Waals surface area contributed by atoms with E-state index in [9.17, 15) is 4.79 Å². The molecule has 98 valence electrons. The highest BCUT2D eigenvalue weighted by Gasteiger charge is 1.99. The minimum absolute atomic E-state index is 0.0103. The summed E-state index contributed by atoms with van der Waals surface area (Å²) in [5.41, 5.74) is 5.50. The smallest absolute Gasteiger partial charge is 0.223 e. The number of primary amides is 1. The van der Waals surface area contributed by atoms with Gasteiger partial charge in [0.05, 0.1) is 18.4 Å². The van der Waals surface area contributed by atoms with Crippen LogP contribution in [-0.4, -0.2) is 24.6 Å². The summed E-state index contributed by atoms with van der Waals surface area (Å²) < 4.78 is 5.08. The van der Waals surface area contributed by atoms with E-state index in [0.717, 1.165) is 0 Å². The van der Waals surface area contributed by atoms with Crippen molar-refractivity contribution in [1.82, 2.24) is 0 Å². The molecule has 0 saturated carbocycles. The zero-order chi connectivity index (χ0) is 13.8. The fourth-order valence-electron chi connectivity index (χ4n) is 1.01. The SMILES string of the molecule is NC(=O)CC1=COC=CC=NC=CC=CN=CC=N1. The van der Waals surface area contributed by atoms with E-state index in [0.29, 0.717) is 5.70 Å². The maximum atomic E-state index is 10.8. The molecule has 1 heterocycles. The van der Waals surface area contributed by atoms with Gasteiger partial charge >= 0.3 is 0 Å². The summed E-state index contributed by atoms with van der Waals surface area (Å²) in [7, 11) is 0. The highest BCUT2D eigenvalue weighted by molar-refractivity contribution is 6.16. The molecule has 0 aliphatic carbocycles. The average molecular weight is 258 g/mol. The molecule has 0 radical (unpaired) electrons. The summed E-state index contributed by atoms with van der Waals surface area (Å²) in [6, 6.07) is 0. The van der Waals surface area contributed by atoms with Crippen LogP contribution in [0.25, 0.3) is 0 Å². The number of hydrogen-bond acceptors (Lipinski definition) is 5. The van der Waals surface area contributed by atoms with Crippen LogP contribution in [0.15, 0.2) is 63.8 Å². The van der Waals surface area contributed by atoms with Crippen molar-refractivity contribution in [3.05, 3.63) is 48.8 Å². The van der Waals surface area contributed by atoms with Crippen molar-refractivity contribution in [2.45, 2.75) is 6.42 Å². The predicted octanol–water partition coefficient (Wildman–Crippen LogP) is 1.49. The third-order valence-electron chi connectivity index (χ3n) is 1.74. The van der Waals surface area contributed by atoms with Crippen LogP contribution in [-0.2, 0) is 9.53 Å². The molecule has 0 saturated heterocycles. The molecule has 0 unspecified atom stereocenters. The summed E-state index contributed by atoms with van der Waals surface area (Å²) in [6.07, 6.45) is 15.5. The Balaban J connectivity index is 2.82. The van der Waals surface area contributed by atoms with Gasteiger partial charge in [-0.15, -0.1) is 0 Å². The van der Waals surface area contributed by atoms with Gasteiger partial charge in [-0.2, -0.15) is 0 Å². The van der Waals surface area contributed by atoms with Crippen LogP contribution in [0.3, 0.4) is 0 Å². The number of amides is 1. The zero-order valence-corrected chi connectivity index (χ0v) is 10.2. The van der Waals surface area contributed by atoms with Gasteiger partial charge in [0.2, 0.25) is 5.91 Å². The minimum atomic E-state index is -0.489. The molecular weight excluding hydrogens is 244 g/mol. The number of hydrogen-bond donors (Lipinski definition) is 1. The number of rotatable bonds is 2. The molecule has 6 nitrogen and oxygen atoms in total.